The molecule has 2 aromatic rings. The Labute approximate surface area is 92.8 Å². The van der Waals surface area contributed by atoms with Gasteiger partial charge in [-0.1, -0.05) is 6.07 Å². The summed E-state index contributed by atoms with van der Waals surface area (Å²) in [6, 6.07) is 4.88. The number of hydrogen-bond donors (Lipinski definition) is 2. The molecule has 0 saturated heterocycles. The van der Waals surface area contributed by atoms with E-state index in [4.69, 9.17) is 4.74 Å². The lowest BCUT2D eigenvalue weighted by Crippen LogP contribution is -2.19. The molecule has 2 rings (SSSR count). The van der Waals surface area contributed by atoms with Gasteiger partial charge in [0, 0.05) is 13.7 Å². The fourth-order valence-corrected chi connectivity index (χ4v) is 1.51. The van der Waals surface area contributed by atoms with Crippen molar-refractivity contribution in [2.24, 2.45) is 0 Å². The Hall–Kier alpha value is -1.46. The smallest absolute Gasteiger partial charge is 0.151 e. The second-order valence-electron chi connectivity index (χ2n) is 3.49. The van der Waals surface area contributed by atoms with Crippen molar-refractivity contribution in [3.8, 4) is 0 Å². The van der Waals surface area contributed by atoms with Crippen LogP contribution in [0.2, 0.25) is 0 Å². The molecule has 0 aliphatic rings. The molecule has 0 aliphatic carbocycles. The van der Waals surface area contributed by atoms with Gasteiger partial charge in [-0.05, 0) is 12.1 Å². The first-order valence-corrected chi connectivity index (χ1v) is 5.14. The molecule has 0 aliphatic heterocycles. The molecule has 0 bridgehead atoms. The molecule has 1 aromatic heterocycles. The maximum atomic E-state index is 13.3. The first-order chi connectivity index (χ1) is 7.81. The van der Waals surface area contributed by atoms with Crippen LogP contribution in [0.1, 0.15) is 5.82 Å². The number of para-hydroxylation sites is 1. The van der Waals surface area contributed by atoms with Crippen molar-refractivity contribution < 1.29 is 9.13 Å². The van der Waals surface area contributed by atoms with E-state index in [1.165, 1.54) is 6.07 Å². The fourth-order valence-electron chi connectivity index (χ4n) is 1.51. The van der Waals surface area contributed by atoms with Gasteiger partial charge in [-0.15, -0.1) is 0 Å². The van der Waals surface area contributed by atoms with Gasteiger partial charge in [0.15, 0.2) is 5.82 Å². The second kappa shape index (κ2) is 5.05. The molecular formula is C11H14FN3O. The molecule has 0 amide bonds. The van der Waals surface area contributed by atoms with Gasteiger partial charge in [0.2, 0.25) is 0 Å². The van der Waals surface area contributed by atoms with Crippen LogP contribution < -0.4 is 5.32 Å². The average Bonchev–Trinajstić information content (AvgIpc) is 2.69. The summed E-state index contributed by atoms with van der Waals surface area (Å²) in [5, 5.41) is 3.14. The molecule has 0 unspecified atom stereocenters. The number of H-pyrrole nitrogens is 1. The van der Waals surface area contributed by atoms with Crippen LogP contribution in [0, 0.1) is 5.82 Å². The van der Waals surface area contributed by atoms with Crippen molar-refractivity contribution in [1.29, 1.82) is 0 Å². The van der Waals surface area contributed by atoms with Gasteiger partial charge in [-0.25, -0.2) is 9.37 Å². The number of benzene rings is 1. The Morgan fingerprint density at radius 2 is 2.38 bits per heavy atom. The summed E-state index contributed by atoms with van der Waals surface area (Å²) < 4.78 is 18.2. The van der Waals surface area contributed by atoms with E-state index in [0.29, 0.717) is 18.7 Å². The lowest BCUT2D eigenvalue weighted by Gasteiger charge is -2.00. The Morgan fingerprint density at radius 1 is 1.50 bits per heavy atom. The molecule has 86 valence electrons. The SMILES string of the molecule is COCCNCc1nc2c(F)cccc2[nH]1. The van der Waals surface area contributed by atoms with Gasteiger partial charge in [-0.3, -0.25) is 0 Å². The standard InChI is InChI=1S/C11H14FN3O/c1-16-6-5-13-7-10-14-9-4-2-3-8(12)11(9)15-10/h2-4,13H,5-7H2,1H3,(H,14,15). The minimum Gasteiger partial charge on any atom is -0.383 e. The number of rotatable bonds is 5. The number of imidazole rings is 1. The number of halogens is 1. The highest BCUT2D eigenvalue weighted by Gasteiger charge is 2.05. The lowest BCUT2D eigenvalue weighted by atomic mass is 10.3. The van der Waals surface area contributed by atoms with Crippen LogP contribution in [0.15, 0.2) is 18.2 Å². The van der Waals surface area contributed by atoms with Crippen LogP contribution >= 0.6 is 0 Å². The number of nitrogens with one attached hydrogen (secondary N) is 2. The predicted molar refractivity (Wildman–Crippen MR) is 59.6 cm³/mol. The first-order valence-electron chi connectivity index (χ1n) is 5.14. The van der Waals surface area contributed by atoms with Crippen molar-refractivity contribution in [1.82, 2.24) is 15.3 Å². The minimum absolute atomic E-state index is 0.295. The average molecular weight is 223 g/mol. The Bertz CT molecular complexity index is 469. The molecular weight excluding hydrogens is 209 g/mol. The Morgan fingerprint density at radius 3 is 3.12 bits per heavy atom. The zero-order valence-electron chi connectivity index (χ0n) is 9.09. The highest BCUT2D eigenvalue weighted by molar-refractivity contribution is 5.75. The quantitative estimate of drug-likeness (QED) is 0.754. The van der Waals surface area contributed by atoms with Crippen LogP contribution in [-0.2, 0) is 11.3 Å². The molecule has 0 atom stereocenters. The van der Waals surface area contributed by atoms with Crippen LogP contribution in [0.4, 0.5) is 4.39 Å². The van der Waals surface area contributed by atoms with Crippen LogP contribution in [0.25, 0.3) is 11.0 Å². The summed E-state index contributed by atoms with van der Waals surface area (Å²) >= 11 is 0. The molecule has 16 heavy (non-hydrogen) atoms. The third-order valence-electron chi connectivity index (χ3n) is 2.29. The fraction of sp³-hybridized carbons (Fsp3) is 0.364. The zero-order chi connectivity index (χ0) is 11.4. The third-order valence-corrected chi connectivity index (χ3v) is 2.29. The summed E-state index contributed by atoms with van der Waals surface area (Å²) in [7, 11) is 1.65. The van der Waals surface area contributed by atoms with Gasteiger partial charge in [-0.2, -0.15) is 0 Å². The summed E-state index contributed by atoms with van der Waals surface area (Å²) in [5.41, 5.74) is 1.12. The van der Waals surface area contributed by atoms with Crippen LogP contribution in [0.5, 0.6) is 0 Å². The van der Waals surface area contributed by atoms with E-state index in [2.05, 4.69) is 15.3 Å². The highest BCUT2D eigenvalue weighted by atomic mass is 19.1. The lowest BCUT2D eigenvalue weighted by molar-refractivity contribution is 0.199. The van der Waals surface area contributed by atoms with Crippen molar-refractivity contribution in [2.75, 3.05) is 20.3 Å². The van der Waals surface area contributed by atoms with Crippen molar-refractivity contribution in [3.05, 3.63) is 29.8 Å². The van der Waals surface area contributed by atoms with Gasteiger partial charge in [0.1, 0.15) is 11.3 Å². The normalized spacial score (nSPS) is 11.1. The Balaban J connectivity index is 2.05. The van der Waals surface area contributed by atoms with E-state index in [1.54, 1.807) is 13.2 Å². The van der Waals surface area contributed by atoms with Gasteiger partial charge < -0.3 is 15.0 Å². The maximum absolute atomic E-state index is 13.3. The number of aromatic amines is 1. The van der Waals surface area contributed by atoms with Crippen molar-refractivity contribution in [3.63, 3.8) is 0 Å². The van der Waals surface area contributed by atoms with E-state index in [0.717, 1.165) is 17.9 Å². The number of hydrogen-bond acceptors (Lipinski definition) is 3. The molecule has 0 radical (unpaired) electrons. The summed E-state index contributed by atoms with van der Waals surface area (Å²) in [5.74, 6) is 0.438. The van der Waals surface area contributed by atoms with Crippen molar-refractivity contribution in [2.45, 2.75) is 6.54 Å². The molecule has 0 saturated carbocycles. The minimum atomic E-state index is -0.295. The molecule has 5 heteroatoms. The number of methoxy groups -OCH3 is 1. The zero-order valence-corrected chi connectivity index (χ0v) is 9.09. The topological polar surface area (TPSA) is 49.9 Å². The predicted octanol–water partition coefficient (Wildman–Crippen LogP) is 1.44. The van der Waals surface area contributed by atoms with E-state index in [-0.39, 0.29) is 5.82 Å². The molecule has 2 N–H and O–H groups in total. The van der Waals surface area contributed by atoms with Crippen LogP contribution in [0.3, 0.4) is 0 Å². The van der Waals surface area contributed by atoms with E-state index in [9.17, 15) is 4.39 Å². The summed E-state index contributed by atoms with van der Waals surface area (Å²) in [6.45, 7) is 1.97. The molecule has 4 nitrogen and oxygen atoms in total. The molecule has 0 fully saturated rings. The molecule has 0 spiro atoms. The van der Waals surface area contributed by atoms with E-state index >= 15 is 0 Å². The highest BCUT2D eigenvalue weighted by Crippen LogP contribution is 2.14. The van der Waals surface area contributed by atoms with Crippen molar-refractivity contribution >= 4 is 11.0 Å². The summed E-state index contributed by atoms with van der Waals surface area (Å²) in [4.78, 5) is 7.23. The van der Waals surface area contributed by atoms with Gasteiger partial charge in [0.25, 0.3) is 0 Å². The van der Waals surface area contributed by atoms with E-state index < -0.39 is 0 Å². The van der Waals surface area contributed by atoms with Gasteiger partial charge >= 0.3 is 0 Å². The van der Waals surface area contributed by atoms with Gasteiger partial charge in [0.05, 0.1) is 18.7 Å². The maximum Gasteiger partial charge on any atom is 0.151 e. The number of aromatic nitrogens is 2. The summed E-state index contributed by atoms with van der Waals surface area (Å²) in [6.07, 6.45) is 0. The number of nitrogens with zero attached hydrogens (tertiary/aromatic N) is 1. The second-order valence-corrected chi connectivity index (χ2v) is 3.49. The third kappa shape index (κ3) is 2.37. The van der Waals surface area contributed by atoms with E-state index in [1.807, 2.05) is 6.07 Å². The number of fused-ring (bicyclic) bond motifs is 1. The molecule has 1 aromatic carbocycles. The monoisotopic (exact) mass is 223 g/mol. The first kappa shape index (κ1) is 11.0. The largest absolute Gasteiger partial charge is 0.383 e. The molecule has 1 heterocycles. The number of ether oxygens (including phenoxy) is 1. The van der Waals surface area contributed by atoms with Crippen LogP contribution in [-0.4, -0.2) is 30.2 Å². The Kier molecular flexibility index (Phi) is 3.48.